The van der Waals surface area contributed by atoms with Gasteiger partial charge in [0.1, 0.15) is 11.3 Å². The number of hydrogen-bond acceptors (Lipinski definition) is 5. The van der Waals surface area contributed by atoms with E-state index in [0.29, 0.717) is 22.4 Å². The molecule has 0 aliphatic carbocycles. The largest absolute Gasteiger partial charge is 0.452 e. The van der Waals surface area contributed by atoms with E-state index < -0.39 is 24.3 Å². The van der Waals surface area contributed by atoms with Gasteiger partial charge in [-0.05, 0) is 48.5 Å². The highest BCUT2D eigenvalue weighted by atomic mass is 19.1. The van der Waals surface area contributed by atoms with E-state index >= 15 is 0 Å². The average Bonchev–Trinajstić information content (AvgIpc) is 3.18. The van der Waals surface area contributed by atoms with Crippen LogP contribution in [-0.4, -0.2) is 23.5 Å². The van der Waals surface area contributed by atoms with Crippen molar-refractivity contribution in [3.05, 3.63) is 84.2 Å². The van der Waals surface area contributed by atoms with E-state index in [9.17, 15) is 14.0 Å². The Bertz CT molecular complexity index is 1150. The minimum atomic E-state index is -0.683. The summed E-state index contributed by atoms with van der Waals surface area (Å²) in [6.07, 6.45) is 0. The molecule has 1 N–H and O–H groups in total. The molecule has 6 nitrogen and oxygen atoms in total. The fraction of sp³-hybridized carbons (Fsp3) is 0.0455. The molecule has 4 aromatic rings. The van der Waals surface area contributed by atoms with Crippen LogP contribution >= 0.6 is 0 Å². The summed E-state index contributed by atoms with van der Waals surface area (Å²) in [4.78, 5) is 28.9. The molecule has 0 bridgehead atoms. The number of fused-ring (bicyclic) bond motifs is 1. The van der Waals surface area contributed by atoms with E-state index in [-0.39, 0.29) is 11.5 Å². The monoisotopic (exact) mass is 390 g/mol. The minimum absolute atomic E-state index is 0.230. The van der Waals surface area contributed by atoms with Crippen molar-refractivity contribution >= 4 is 28.7 Å². The van der Waals surface area contributed by atoms with Gasteiger partial charge in [0.15, 0.2) is 12.2 Å². The number of carbonyl (C=O) groups is 2. The topological polar surface area (TPSA) is 81.4 Å². The first kappa shape index (κ1) is 18.4. The Morgan fingerprint density at radius 3 is 2.48 bits per heavy atom. The molecule has 29 heavy (non-hydrogen) atoms. The first-order valence-electron chi connectivity index (χ1n) is 8.78. The second-order valence-electron chi connectivity index (χ2n) is 6.16. The summed E-state index contributed by atoms with van der Waals surface area (Å²) < 4.78 is 23.8. The van der Waals surface area contributed by atoms with Crippen LogP contribution in [0.4, 0.5) is 10.1 Å². The first-order chi connectivity index (χ1) is 14.1. The third kappa shape index (κ3) is 4.14. The van der Waals surface area contributed by atoms with Crippen LogP contribution in [0.25, 0.3) is 22.6 Å². The number of carbonyl (C=O) groups excluding carboxylic acids is 2. The summed E-state index contributed by atoms with van der Waals surface area (Å²) >= 11 is 0. The predicted molar refractivity (Wildman–Crippen MR) is 105 cm³/mol. The van der Waals surface area contributed by atoms with Crippen molar-refractivity contribution in [2.75, 3.05) is 11.9 Å². The number of amides is 1. The lowest BCUT2D eigenvalue weighted by Crippen LogP contribution is -2.21. The third-order valence-electron chi connectivity index (χ3n) is 4.13. The molecule has 1 amide bonds. The fourth-order valence-corrected chi connectivity index (χ4v) is 2.77. The summed E-state index contributed by atoms with van der Waals surface area (Å²) in [5, 5.41) is 2.53. The zero-order chi connectivity index (χ0) is 20.2. The van der Waals surface area contributed by atoms with Crippen molar-refractivity contribution in [3.63, 3.8) is 0 Å². The molecule has 0 atom stereocenters. The normalized spacial score (nSPS) is 10.7. The van der Waals surface area contributed by atoms with E-state index in [2.05, 4.69) is 10.3 Å². The quantitative estimate of drug-likeness (QED) is 0.510. The molecule has 0 saturated carbocycles. The van der Waals surface area contributed by atoms with Gasteiger partial charge in [0.2, 0.25) is 5.89 Å². The van der Waals surface area contributed by atoms with E-state index in [4.69, 9.17) is 9.15 Å². The van der Waals surface area contributed by atoms with Crippen LogP contribution in [0.15, 0.2) is 77.2 Å². The molecule has 4 rings (SSSR count). The Balaban J connectivity index is 1.47. The highest BCUT2D eigenvalue weighted by molar-refractivity contribution is 5.99. The van der Waals surface area contributed by atoms with Crippen molar-refractivity contribution in [1.82, 2.24) is 4.98 Å². The Morgan fingerprint density at radius 1 is 0.966 bits per heavy atom. The first-order valence-corrected chi connectivity index (χ1v) is 8.78. The average molecular weight is 390 g/mol. The lowest BCUT2D eigenvalue weighted by Gasteiger charge is -2.08. The van der Waals surface area contributed by atoms with Gasteiger partial charge in [0.25, 0.3) is 5.91 Å². The zero-order valence-electron chi connectivity index (χ0n) is 15.1. The SMILES string of the molecule is O=C(COC(=O)c1ccccc1-c1nc2ccccc2o1)Nc1ccc(F)cc1. The van der Waals surface area contributed by atoms with Gasteiger partial charge >= 0.3 is 5.97 Å². The number of ether oxygens (including phenoxy) is 1. The summed E-state index contributed by atoms with van der Waals surface area (Å²) in [6.45, 7) is -0.488. The smallest absolute Gasteiger partial charge is 0.339 e. The molecule has 144 valence electrons. The van der Waals surface area contributed by atoms with Crippen molar-refractivity contribution in [3.8, 4) is 11.5 Å². The molecule has 0 unspecified atom stereocenters. The molecule has 0 saturated heterocycles. The fourth-order valence-electron chi connectivity index (χ4n) is 2.77. The lowest BCUT2D eigenvalue weighted by molar-refractivity contribution is -0.119. The Morgan fingerprint density at radius 2 is 1.69 bits per heavy atom. The zero-order valence-corrected chi connectivity index (χ0v) is 15.1. The Hall–Kier alpha value is -4.00. The number of nitrogens with one attached hydrogen (secondary N) is 1. The van der Waals surface area contributed by atoms with E-state index in [1.54, 1.807) is 30.3 Å². The number of aromatic nitrogens is 1. The summed E-state index contributed by atoms with van der Waals surface area (Å²) in [5.74, 6) is -1.35. The van der Waals surface area contributed by atoms with Gasteiger partial charge in [-0.2, -0.15) is 0 Å². The third-order valence-corrected chi connectivity index (χ3v) is 4.13. The number of para-hydroxylation sites is 2. The summed E-state index contributed by atoms with van der Waals surface area (Å²) in [7, 11) is 0. The van der Waals surface area contributed by atoms with Crippen molar-refractivity contribution < 1.29 is 23.1 Å². The minimum Gasteiger partial charge on any atom is -0.452 e. The number of benzene rings is 3. The molecule has 0 aliphatic heterocycles. The highest BCUT2D eigenvalue weighted by Crippen LogP contribution is 2.27. The highest BCUT2D eigenvalue weighted by Gasteiger charge is 2.19. The van der Waals surface area contributed by atoms with Crippen molar-refractivity contribution in [1.29, 1.82) is 0 Å². The van der Waals surface area contributed by atoms with E-state index in [1.807, 2.05) is 18.2 Å². The number of anilines is 1. The molecular formula is C22H15FN2O4. The van der Waals surface area contributed by atoms with E-state index in [1.165, 1.54) is 24.3 Å². The van der Waals surface area contributed by atoms with Crippen molar-refractivity contribution in [2.45, 2.75) is 0 Å². The molecule has 1 heterocycles. The predicted octanol–water partition coefficient (Wildman–Crippen LogP) is 4.43. The number of nitrogens with zero attached hydrogens (tertiary/aromatic N) is 1. The molecule has 0 spiro atoms. The lowest BCUT2D eigenvalue weighted by atomic mass is 10.1. The van der Waals surface area contributed by atoms with Gasteiger partial charge in [-0.25, -0.2) is 14.2 Å². The number of rotatable bonds is 5. The van der Waals surface area contributed by atoms with Gasteiger partial charge in [-0.3, -0.25) is 4.79 Å². The van der Waals surface area contributed by atoms with Gasteiger partial charge in [-0.15, -0.1) is 0 Å². The molecule has 1 aromatic heterocycles. The second-order valence-corrected chi connectivity index (χ2v) is 6.16. The van der Waals surface area contributed by atoms with Gasteiger partial charge in [-0.1, -0.05) is 24.3 Å². The molecule has 0 radical (unpaired) electrons. The standard InChI is InChI=1S/C22H15FN2O4/c23-14-9-11-15(12-10-14)24-20(26)13-28-22(27)17-6-2-1-5-16(17)21-25-18-7-3-4-8-19(18)29-21/h1-12H,13H2,(H,24,26). The number of esters is 1. The number of halogens is 1. The summed E-state index contributed by atoms with van der Waals surface area (Å²) in [6, 6.07) is 19.2. The Kier molecular flexibility index (Phi) is 5.03. The second kappa shape index (κ2) is 7.93. The maximum absolute atomic E-state index is 12.9. The Labute approximate surface area is 164 Å². The van der Waals surface area contributed by atoms with Crippen LogP contribution in [-0.2, 0) is 9.53 Å². The summed E-state index contributed by atoms with van der Waals surface area (Å²) in [5.41, 5.74) is 2.37. The van der Waals surface area contributed by atoms with Gasteiger partial charge in [0, 0.05) is 5.69 Å². The van der Waals surface area contributed by atoms with E-state index in [0.717, 1.165) is 0 Å². The number of hydrogen-bond donors (Lipinski definition) is 1. The van der Waals surface area contributed by atoms with Crippen LogP contribution < -0.4 is 5.32 Å². The van der Waals surface area contributed by atoms with Gasteiger partial charge < -0.3 is 14.5 Å². The van der Waals surface area contributed by atoms with Crippen LogP contribution in [0, 0.1) is 5.82 Å². The molecular weight excluding hydrogens is 375 g/mol. The maximum Gasteiger partial charge on any atom is 0.339 e. The maximum atomic E-state index is 12.9. The van der Waals surface area contributed by atoms with Crippen molar-refractivity contribution in [2.24, 2.45) is 0 Å². The molecule has 3 aromatic carbocycles. The van der Waals surface area contributed by atoms with Crippen LogP contribution in [0.1, 0.15) is 10.4 Å². The molecule has 0 aliphatic rings. The molecule has 0 fully saturated rings. The van der Waals surface area contributed by atoms with Crippen LogP contribution in [0.3, 0.4) is 0 Å². The van der Waals surface area contributed by atoms with Gasteiger partial charge in [0.05, 0.1) is 11.1 Å². The van der Waals surface area contributed by atoms with Crippen LogP contribution in [0.5, 0.6) is 0 Å². The molecule has 7 heteroatoms. The number of oxazole rings is 1. The van der Waals surface area contributed by atoms with Crippen LogP contribution in [0.2, 0.25) is 0 Å².